The van der Waals surface area contributed by atoms with Gasteiger partial charge >= 0.3 is 0 Å². The molecule has 0 atom stereocenters. The summed E-state index contributed by atoms with van der Waals surface area (Å²) in [6.45, 7) is 10.4. The Morgan fingerprint density at radius 1 is 0.688 bits per heavy atom. The summed E-state index contributed by atoms with van der Waals surface area (Å²) in [7, 11) is 0. The third kappa shape index (κ3) is 8.05. The van der Waals surface area contributed by atoms with E-state index in [0.29, 0.717) is 13.1 Å². The van der Waals surface area contributed by atoms with E-state index in [-0.39, 0.29) is 13.2 Å². The molecule has 0 aromatic rings. The highest BCUT2D eigenvalue weighted by Crippen LogP contribution is 1.98. The highest BCUT2D eigenvalue weighted by atomic mass is 16.3. The Balaban J connectivity index is 3.52. The van der Waals surface area contributed by atoms with Crippen LogP contribution < -0.4 is 0 Å². The molecule has 4 heteroatoms. The highest BCUT2D eigenvalue weighted by molar-refractivity contribution is 4.59. The van der Waals surface area contributed by atoms with Crippen LogP contribution >= 0.6 is 0 Å². The zero-order chi connectivity index (χ0) is 12.2. The summed E-state index contributed by atoms with van der Waals surface area (Å²) in [5.41, 5.74) is 0. The van der Waals surface area contributed by atoms with Gasteiger partial charge in [-0.25, -0.2) is 0 Å². The van der Waals surface area contributed by atoms with Gasteiger partial charge < -0.3 is 15.1 Å². The second kappa shape index (κ2) is 11.3. The Morgan fingerprint density at radius 3 is 1.50 bits per heavy atom. The molecule has 0 unspecified atom stereocenters. The van der Waals surface area contributed by atoms with E-state index in [1.165, 1.54) is 6.42 Å². The molecule has 0 aromatic carbocycles. The van der Waals surface area contributed by atoms with Crippen LogP contribution in [0, 0.1) is 0 Å². The predicted octanol–water partition coefficient (Wildman–Crippen LogP) is 0.395. The highest BCUT2D eigenvalue weighted by Gasteiger charge is 2.03. The summed E-state index contributed by atoms with van der Waals surface area (Å²) < 4.78 is 0. The van der Waals surface area contributed by atoms with Crippen molar-refractivity contribution in [3.63, 3.8) is 0 Å². The Morgan fingerprint density at radius 2 is 1.12 bits per heavy atom. The van der Waals surface area contributed by atoms with Crippen molar-refractivity contribution in [1.29, 1.82) is 0 Å². The summed E-state index contributed by atoms with van der Waals surface area (Å²) >= 11 is 0. The molecule has 0 bridgehead atoms. The van der Waals surface area contributed by atoms with Gasteiger partial charge in [-0.2, -0.15) is 0 Å². The Labute approximate surface area is 99.9 Å². The van der Waals surface area contributed by atoms with Crippen LogP contribution in [-0.4, -0.2) is 72.5 Å². The van der Waals surface area contributed by atoms with E-state index in [0.717, 1.165) is 32.6 Å². The maximum atomic E-state index is 8.85. The summed E-state index contributed by atoms with van der Waals surface area (Å²) in [5.74, 6) is 0. The monoisotopic (exact) mass is 232 g/mol. The first-order valence-electron chi connectivity index (χ1n) is 6.44. The standard InChI is InChI=1S/C12H28N2O2/c1-3-13(4-2)7-5-6-8-14(9-11-15)10-12-16/h15-16H,3-12H2,1-2H3. The minimum Gasteiger partial charge on any atom is -0.395 e. The maximum Gasteiger partial charge on any atom is 0.0558 e. The zero-order valence-corrected chi connectivity index (χ0v) is 10.9. The van der Waals surface area contributed by atoms with Crippen molar-refractivity contribution < 1.29 is 10.2 Å². The van der Waals surface area contributed by atoms with Gasteiger partial charge in [-0.3, -0.25) is 4.90 Å². The van der Waals surface area contributed by atoms with E-state index < -0.39 is 0 Å². The van der Waals surface area contributed by atoms with Crippen molar-refractivity contribution in [2.24, 2.45) is 0 Å². The summed E-state index contributed by atoms with van der Waals surface area (Å²) in [6, 6.07) is 0. The third-order valence-corrected chi connectivity index (χ3v) is 2.93. The first-order chi connectivity index (χ1) is 7.78. The molecule has 0 aliphatic rings. The van der Waals surface area contributed by atoms with Crippen LogP contribution in [0.2, 0.25) is 0 Å². The van der Waals surface area contributed by atoms with Gasteiger partial charge in [0.2, 0.25) is 0 Å². The van der Waals surface area contributed by atoms with Crippen LogP contribution in [-0.2, 0) is 0 Å². The van der Waals surface area contributed by atoms with Crippen LogP contribution in [0.5, 0.6) is 0 Å². The number of nitrogens with zero attached hydrogens (tertiary/aromatic N) is 2. The molecule has 0 fully saturated rings. The van der Waals surface area contributed by atoms with Gasteiger partial charge in [0.15, 0.2) is 0 Å². The van der Waals surface area contributed by atoms with Crippen LogP contribution in [0.1, 0.15) is 26.7 Å². The Hall–Kier alpha value is -0.160. The van der Waals surface area contributed by atoms with Gasteiger partial charge in [-0.05, 0) is 39.0 Å². The van der Waals surface area contributed by atoms with E-state index in [9.17, 15) is 0 Å². The second-order valence-corrected chi connectivity index (χ2v) is 4.02. The average molecular weight is 232 g/mol. The van der Waals surface area contributed by atoms with E-state index in [1.54, 1.807) is 0 Å². The number of hydrogen-bond donors (Lipinski definition) is 2. The van der Waals surface area contributed by atoms with Gasteiger partial charge in [0, 0.05) is 13.1 Å². The fourth-order valence-corrected chi connectivity index (χ4v) is 1.83. The smallest absolute Gasteiger partial charge is 0.0558 e. The molecule has 0 saturated carbocycles. The van der Waals surface area contributed by atoms with E-state index in [1.807, 2.05) is 0 Å². The van der Waals surface area contributed by atoms with Gasteiger partial charge in [-0.15, -0.1) is 0 Å². The first-order valence-corrected chi connectivity index (χ1v) is 6.44. The Bertz CT molecular complexity index is 135. The summed E-state index contributed by atoms with van der Waals surface area (Å²) in [6.07, 6.45) is 2.32. The molecule has 0 aliphatic carbocycles. The number of unbranched alkanes of at least 4 members (excludes halogenated alkanes) is 1. The predicted molar refractivity (Wildman–Crippen MR) is 67.6 cm³/mol. The lowest BCUT2D eigenvalue weighted by Crippen LogP contribution is -2.31. The molecule has 2 N–H and O–H groups in total. The van der Waals surface area contributed by atoms with Crippen LogP contribution in [0.15, 0.2) is 0 Å². The van der Waals surface area contributed by atoms with E-state index in [4.69, 9.17) is 10.2 Å². The molecule has 0 rings (SSSR count). The maximum absolute atomic E-state index is 8.85. The van der Waals surface area contributed by atoms with E-state index in [2.05, 4.69) is 23.6 Å². The minimum atomic E-state index is 0.177. The van der Waals surface area contributed by atoms with Gasteiger partial charge in [0.25, 0.3) is 0 Å². The molecule has 0 radical (unpaired) electrons. The van der Waals surface area contributed by atoms with Gasteiger partial charge in [0.1, 0.15) is 0 Å². The fourth-order valence-electron chi connectivity index (χ4n) is 1.83. The van der Waals surface area contributed by atoms with Crippen molar-refractivity contribution in [2.75, 3.05) is 52.5 Å². The fraction of sp³-hybridized carbons (Fsp3) is 1.00. The average Bonchev–Trinajstić information content (AvgIpc) is 2.30. The molecule has 0 aliphatic heterocycles. The number of aliphatic hydroxyl groups is 2. The third-order valence-electron chi connectivity index (χ3n) is 2.93. The molecule has 98 valence electrons. The van der Waals surface area contributed by atoms with Crippen molar-refractivity contribution >= 4 is 0 Å². The van der Waals surface area contributed by atoms with E-state index >= 15 is 0 Å². The largest absolute Gasteiger partial charge is 0.395 e. The lowest BCUT2D eigenvalue weighted by molar-refractivity contribution is 0.157. The lowest BCUT2D eigenvalue weighted by atomic mass is 10.2. The molecule has 4 nitrogen and oxygen atoms in total. The molecule has 0 spiro atoms. The first kappa shape index (κ1) is 15.8. The van der Waals surface area contributed by atoms with Gasteiger partial charge in [-0.1, -0.05) is 13.8 Å². The number of aliphatic hydroxyl groups excluding tert-OH is 2. The summed E-state index contributed by atoms with van der Waals surface area (Å²) in [4.78, 5) is 4.53. The van der Waals surface area contributed by atoms with Crippen LogP contribution in [0.25, 0.3) is 0 Å². The van der Waals surface area contributed by atoms with Crippen molar-refractivity contribution in [1.82, 2.24) is 9.80 Å². The summed E-state index contributed by atoms with van der Waals surface area (Å²) in [5, 5.41) is 17.7. The SMILES string of the molecule is CCN(CC)CCCCN(CCO)CCO. The minimum absolute atomic E-state index is 0.177. The molecular formula is C12H28N2O2. The van der Waals surface area contributed by atoms with Crippen molar-refractivity contribution in [3.8, 4) is 0 Å². The quantitative estimate of drug-likeness (QED) is 0.506. The molecular weight excluding hydrogens is 204 g/mol. The number of rotatable bonds is 11. The number of hydrogen-bond acceptors (Lipinski definition) is 4. The Kier molecular flexibility index (Phi) is 11.2. The molecule has 0 aromatic heterocycles. The zero-order valence-electron chi connectivity index (χ0n) is 10.9. The molecule has 0 amide bonds. The van der Waals surface area contributed by atoms with Gasteiger partial charge in [0.05, 0.1) is 13.2 Å². The molecule has 0 saturated heterocycles. The lowest BCUT2D eigenvalue weighted by Gasteiger charge is -2.21. The molecule has 0 heterocycles. The van der Waals surface area contributed by atoms with Crippen LogP contribution in [0.4, 0.5) is 0 Å². The second-order valence-electron chi connectivity index (χ2n) is 4.02. The molecule has 16 heavy (non-hydrogen) atoms. The topological polar surface area (TPSA) is 46.9 Å². The van der Waals surface area contributed by atoms with Crippen molar-refractivity contribution in [3.05, 3.63) is 0 Å². The normalized spacial score (nSPS) is 11.6. The van der Waals surface area contributed by atoms with Crippen molar-refractivity contribution in [2.45, 2.75) is 26.7 Å². The van der Waals surface area contributed by atoms with Crippen LogP contribution in [0.3, 0.4) is 0 Å².